The number of hydrogen-bond acceptors (Lipinski definition) is 4. The average Bonchev–Trinajstić information content (AvgIpc) is 3.32. The van der Waals surface area contributed by atoms with Gasteiger partial charge >= 0.3 is 0 Å². The lowest BCUT2D eigenvalue weighted by atomic mass is 10.1. The van der Waals surface area contributed by atoms with Gasteiger partial charge in [0.25, 0.3) is 5.91 Å². The van der Waals surface area contributed by atoms with E-state index >= 15 is 0 Å². The molecule has 0 N–H and O–H groups in total. The van der Waals surface area contributed by atoms with E-state index in [9.17, 15) is 4.79 Å². The van der Waals surface area contributed by atoms with Gasteiger partial charge in [0.15, 0.2) is 6.61 Å². The highest BCUT2D eigenvalue weighted by atomic mass is 16.5. The summed E-state index contributed by atoms with van der Waals surface area (Å²) >= 11 is 0. The summed E-state index contributed by atoms with van der Waals surface area (Å²) in [4.78, 5) is 17.1. The molecule has 4 rings (SSSR count). The normalized spacial score (nSPS) is 20.2. The predicted octanol–water partition coefficient (Wildman–Crippen LogP) is 2.25. The number of carbonyl (C=O) groups is 1. The molecule has 6 heteroatoms. The van der Waals surface area contributed by atoms with Crippen LogP contribution in [0.4, 0.5) is 0 Å². The van der Waals surface area contributed by atoms with Crippen molar-refractivity contribution >= 4 is 5.91 Å². The number of aryl methyl sites for hydroxylation is 1. The molecule has 2 aliphatic heterocycles. The van der Waals surface area contributed by atoms with Gasteiger partial charge in [0.05, 0.1) is 18.3 Å². The van der Waals surface area contributed by atoms with Crippen LogP contribution in [0.5, 0.6) is 5.75 Å². The maximum Gasteiger partial charge on any atom is 0.260 e. The minimum atomic E-state index is 0.0344. The molecule has 2 aromatic rings. The number of amides is 1. The van der Waals surface area contributed by atoms with E-state index in [-0.39, 0.29) is 18.6 Å². The van der Waals surface area contributed by atoms with Crippen molar-refractivity contribution in [1.82, 2.24) is 19.6 Å². The lowest BCUT2D eigenvalue weighted by Gasteiger charge is -2.35. The highest BCUT2D eigenvalue weighted by molar-refractivity contribution is 5.78. The minimum Gasteiger partial charge on any atom is -0.484 e. The molecule has 26 heavy (non-hydrogen) atoms. The van der Waals surface area contributed by atoms with Crippen LogP contribution in [-0.2, 0) is 11.3 Å². The number of para-hydroxylation sites is 1. The number of nitrogens with zero attached hydrogens (tertiary/aromatic N) is 4. The standard InChI is InChI=1S/C20H26N4O2/c1-16-6-2-3-7-19(16)26-15-20(25)23-13-17-8-9-21-24(17)18(14-23)12-22-10-4-5-11-22/h2-3,6-9,18H,4-5,10-15H2,1H3. The first-order valence-corrected chi connectivity index (χ1v) is 9.41. The number of likely N-dealkylation sites (tertiary alicyclic amines) is 1. The van der Waals surface area contributed by atoms with E-state index in [0.717, 1.165) is 36.6 Å². The van der Waals surface area contributed by atoms with Crippen LogP contribution in [0, 0.1) is 6.92 Å². The molecule has 1 saturated heterocycles. The van der Waals surface area contributed by atoms with E-state index in [4.69, 9.17) is 4.74 Å². The van der Waals surface area contributed by atoms with Gasteiger partial charge in [-0.2, -0.15) is 5.10 Å². The summed E-state index contributed by atoms with van der Waals surface area (Å²) in [5.41, 5.74) is 2.15. The monoisotopic (exact) mass is 354 g/mol. The molecule has 0 bridgehead atoms. The number of aromatic nitrogens is 2. The molecule has 0 saturated carbocycles. The fourth-order valence-corrected chi connectivity index (χ4v) is 3.92. The van der Waals surface area contributed by atoms with Gasteiger partial charge in [0.1, 0.15) is 5.75 Å². The van der Waals surface area contributed by atoms with E-state index in [1.54, 1.807) is 0 Å². The Bertz CT molecular complexity index is 767. The summed E-state index contributed by atoms with van der Waals surface area (Å²) in [5, 5.41) is 4.50. The number of fused-ring (bicyclic) bond motifs is 1. The first-order chi connectivity index (χ1) is 12.7. The van der Waals surface area contributed by atoms with Crippen molar-refractivity contribution in [1.29, 1.82) is 0 Å². The summed E-state index contributed by atoms with van der Waals surface area (Å²) in [6.07, 6.45) is 4.38. The number of hydrogen-bond donors (Lipinski definition) is 0. The Morgan fingerprint density at radius 2 is 2.04 bits per heavy atom. The van der Waals surface area contributed by atoms with Crippen LogP contribution >= 0.6 is 0 Å². The van der Waals surface area contributed by atoms with Gasteiger partial charge in [0, 0.05) is 19.3 Å². The van der Waals surface area contributed by atoms with Gasteiger partial charge in [0.2, 0.25) is 0 Å². The third-order valence-corrected chi connectivity index (χ3v) is 5.35. The molecule has 0 aliphatic carbocycles. The van der Waals surface area contributed by atoms with Gasteiger partial charge < -0.3 is 14.5 Å². The van der Waals surface area contributed by atoms with Crippen LogP contribution in [0.2, 0.25) is 0 Å². The highest BCUT2D eigenvalue weighted by Crippen LogP contribution is 2.23. The van der Waals surface area contributed by atoms with Crippen molar-refractivity contribution in [2.24, 2.45) is 0 Å². The second kappa shape index (κ2) is 7.50. The third kappa shape index (κ3) is 3.60. The summed E-state index contributed by atoms with van der Waals surface area (Å²) in [7, 11) is 0. The van der Waals surface area contributed by atoms with Crippen molar-refractivity contribution in [3.8, 4) is 5.75 Å². The van der Waals surface area contributed by atoms with Crippen LogP contribution < -0.4 is 4.74 Å². The van der Waals surface area contributed by atoms with Crippen molar-refractivity contribution in [3.05, 3.63) is 47.8 Å². The predicted molar refractivity (Wildman–Crippen MR) is 99.0 cm³/mol. The van der Waals surface area contributed by atoms with Gasteiger partial charge in [-0.05, 0) is 50.6 Å². The highest BCUT2D eigenvalue weighted by Gasteiger charge is 2.30. The molecule has 1 aromatic carbocycles. The average molecular weight is 354 g/mol. The van der Waals surface area contributed by atoms with Crippen molar-refractivity contribution < 1.29 is 9.53 Å². The van der Waals surface area contributed by atoms with Gasteiger partial charge in [-0.25, -0.2) is 0 Å². The fraction of sp³-hybridized carbons (Fsp3) is 0.500. The minimum absolute atomic E-state index is 0.0344. The molecule has 0 spiro atoms. The molecule has 0 radical (unpaired) electrons. The van der Waals surface area contributed by atoms with Crippen molar-refractivity contribution in [3.63, 3.8) is 0 Å². The van der Waals surface area contributed by atoms with Crippen molar-refractivity contribution in [2.45, 2.75) is 32.4 Å². The molecule has 6 nitrogen and oxygen atoms in total. The van der Waals surface area contributed by atoms with Crippen LogP contribution in [0.3, 0.4) is 0 Å². The van der Waals surface area contributed by atoms with E-state index in [1.165, 1.54) is 12.8 Å². The lowest BCUT2D eigenvalue weighted by molar-refractivity contribution is -0.135. The molecule has 1 fully saturated rings. The van der Waals surface area contributed by atoms with E-state index in [2.05, 4.69) is 14.7 Å². The van der Waals surface area contributed by atoms with E-state index in [1.807, 2.05) is 48.4 Å². The summed E-state index contributed by atoms with van der Waals surface area (Å²) in [6, 6.07) is 10.0. The largest absolute Gasteiger partial charge is 0.484 e. The first kappa shape index (κ1) is 17.1. The first-order valence-electron chi connectivity index (χ1n) is 9.41. The zero-order chi connectivity index (χ0) is 17.9. The number of benzene rings is 1. The van der Waals surface area contributed by atoms with E-state index in [0.29, 0.717) is 13.1 Å². The van der Waals surface area contributed by atoms with Crippen LogP contribution in [-0.4, -0.2) is 58.3 Å². The van der Waals surface area contributed by atoms with E-state index < -0.39 is 0 Å². The second-order valence-electron chi connectivity index (χ2n) is 7.26. The van der Waals surface area contributed by atoms with Crippen LogP contribution in [0.25, 0.3) is 0 Å². The topological polar surface area (TPSA) is 50.6 Å². The number of carbonyl (C=O) groups excluding carboxylic acids is 1. The van der Waals surface area contributed by atoms with Gasteiger partial charge in [-0.15, -0.1) is 0 Å². The smallest absolute Gasteiger partial charge is 0.260 e. The van der Waals surface area contributed by atoms with Crippen LogP contribution in [0.15, 0.2) is 36.5 Å². The maximum atomic E-state index is 12.8. The molecule has 1 atom stereocenters. The molecule has 3 heterocycles. The molecule has 1 unspecified atom stereocenters. The molecule has 138 valence electrons. The fourth-order valence-electron chi connectivity index (χ4n) is 3.92. The SMILES string of the molecule is Cc1ccccc1OCC(=O)N1Cc2ccnn2C(CN2CCCC2)C1. The Kier molecular flexibility index (Phi) is 4.93. The maximum absolute atomic E-state index is 12.8. The molecule has 1 amide bonds. The Morgan fingerprint density at radius 1 is 1.23 bits per heavy atom. The third-order valence-electron chi connectivity index (χ3n) is 5.35. The zero-order valence-electron chi connectivity index (χ0n) is 15.3. The summed E-state index contributed by atoms with van der Waals surface area (Å²) < 4.78 is 7.87. The van der Waals surface area contributed by atoms with Crippen LogP contribution in [0.1, 0.15) is 30.1 Å². The van der Waals surface area contributed by atoms with Crippen molar-refractivity contribution in [2.75, 3.05) is 32.8 Å². The Labute approximate surface area is 154 Å². The number of ether oxygens (including phenoxy) is 1. The summed E-state index contributed by atoms with van der Waals surface area (Å²) in [5.74, 6) is 0.809. The Balaban J connectivity index is 1.41. The summed E-state index contributed by atoms with van der Waals surface area (Å²) in [6.45, 7) is 6.63. The Hall–Kier alpha value is -2.34. The molecule has 2 aliphatic rings. The quantitative estimate of drug-likeness (QED) is 0.826. The lowest BCUT2D eigenvalue weighted by Crippen LogP contribution is -2.46. The number of rotatable bonds is 5. The molecular weight excluding hydrogens is 328 g/mol. The Morgan fingerprint density at radius 3 is 2.85 bits per heavy atom. The van der Waals surface area contributed by atoms with Gasteiger partial charge in [-0.3, -0.25) is 9.48 Å². The second-order valence-corrected chi connectivity index (χ2v) is 7.26. The molecular formula is C20H26N4O2. The van der Waals surface area contributed by atoms with Gasteiger partial charge in [-0.1, -0.05) is 18.2 Å². The molecule has 1 aromatic heterocycles. The zero-order valence-corrected chi connectivity index (χ0v) is 15.3.